The first-order chi connectivity index (χ1) is 16.2. The highest BCUT2D eigenvalue weighted by Gasteiger charge is 2.38. The van der Waals surface area contributed by atoms with E-state index in [1.54, 1.807) is 36.1 Å². The molecule has 8 nitrogen and oxygen atoms in total. The molecule has 2 aromatic carbocycles. The summed E-state index contributed by atoms with van der Waals surface area (Å²) in [6, 6.07) is 13.0. The van der Waals surface area contributed by atoms with E-state index < -0.39 is 18.0 Å². The molecule has 2 heterocycles. The molecule has 0 radical (unpaired) electrons. The molecule has 11 heteroatoms. The first-order valence-electron chi connectivity index (χ1n) is 10.5. The number of amides is 2. The van der Waals surface area contributed by atoms with Gasteiger partial charge in [0, 0.05) is 29.8 Å². The minimum Gasteiger partial charge on any atom is -0.377 e. The van der Waals surface area contributed by atoms with Crippen molar-refractivity contribution < 1.29 is 32.0 Å². The van der Waals surface area contributed by atoms with Crippen molar-refractivity contribution in [1.29, 1.82) is 0 Å². The van der Waals surface area contributed by atoms with E-state index in [4.69, 9.17) is 4.74 Å². The molecule has 1 aliphatic rings. The Balaban J connectivity index is 1.42. The Morgan fingerprint density at radius 3 is 2.59 bits per heavy atom. The summed E-state index contributed by atoms with van der Waals surface area (Å²) in [5, 5.41) is 6.18. The van der Waals surface area contributed by atoms with Crippen molar-refractivity contribution in [3.8, 4) is 11.4 Å². The number of aromatic nitrogens is 2. The fourth-order valence-corrected chi connectivity index (χ4v) is 3.65. The van der Waals surface area contributed by atoms with Crippen molar-refractivity contribution in [2.45, 2.75) is 19.1 Å². The zero-order chi connectivity index (χ0) is 24.3. The second-order valence-electron chi connectivity index (χ2n) is 7.75. The number of hydrogen-bond donors (Lipinski definition) is 1. The fraction of sp³-hybridized carbons (Fsp3) is 0.304. The molecule has 1 aromatic heterocycles. The first kappa shape index (κ1) is 23.4. The molecule has 2 amide bonds. The molecule has 3 aromatic rings. The highest BCUT2D eigenvalue weighted by atomic mass is 19.4. The van der Waals surface area contributed by atoms with Crippen molar-refractivity contribution in [2.24, 2.45) is 0 Å². The molecule has 0 aliphatic carbocycles. The van der Waals surface area contributed by atoms with Gasteiger partial charge in [0.25, 0.3) is 11.8 Å². The number of halogens is 3. The molecule has 1 aliphatic heterocycles. The highest BCUT2D eigenvalue weighted by molar-refractivity contribution is 5.96. The molecular formula is C23H21F3N4O4. The van der Waals surface area contributed by atoms with E-state index in [2.05, 4.69) is 20.0 Å². The molecule has 4 rings (SSSR count). The zero-order valence-electron chi connectivity index (χ0n) is 18.1. The van der Waals surface area contributed by atoms with Crippen molar-refractivity contribution in [2.75, 3.05) is 26.3 Å². The van der Waals surface area contributed by atoms with Crippen LogP contribution in [0.2, 0.25) is 0 Å². The van der Waals surface area contributed by atoms with Gasteiger partial charge >= 0.3 is 12.1 Å². The van der Waals surface area contributed by atoms with Gasteiger partial charge in [0.1, 0.15) is 0 Å². The van der Waals surface area contributed by atoms with E-state index in [9.17, 15) is 22.8 Å². The summed E-state index contributed by atoms with van der Waals surface area (Å²) in [5.41, 5.74) is 1.68. The predicted octanol–water partition coefficient (Wildman–Crippen LogP) is 3.33. The lowest BCUT2D eigenvalue weighted by Gasteiger charge is -2.35. The molecule has 1 atom stereocenters. The Kier molecular flexibility index (Phi) is 6.64. The van der Waals surface area contributed by atoms with Crippen molar-refractivity contribution in [3.63, 3.8) is 0 Å². The van der Waals surface area contributed by atoms with Crippen molar-refractivity contribution in [1.82, 2.24) is 20.4 Å². The number of rotatable bonds is 5. The van der Waals surface area contributed by atoms with Gasteiger partial charge < -0.3 is 19.5 Å². The van der Waals surface area contributed by atoms with Gasteiger partial charge in [0.05, 0.1) is 19.3 Å². The van der Waals surface area contributed by atoms with Crippen LogP contribution in [0.15, 0.2) is 53.1 Å². The minimum atomic E-state index is -4.74. The Morgan fingerprint density at radius 1 is 1.15 bits per heavy atom. The number of benzene rings is 2. The van der Waals surface area contributed by atoms with E-state index >= 15 is 0 Å². The van der Waals surface area contributed by atoms with Gasteiger partial charge in [-0.15, -0.1) is 0 Å². The lowest BCUT2D eigenvalue weighted by Crippen LogP contribution is -2.53. The Hall–Kier alpha value is -3.73. The van der Waals surface area contributed by atoms with Crippen LogP contribution in [0.4, 0.5) is 13.2 Å². The standard InChI is InChI=1S/C23H21F3N4O4/c1-14-11-16(7-8-18(14)19-28-22(34-29-19)23(24,25)26)20(31)27-12-17-13-33-10-9-30(17)21(32)15-5-3-2-4-6-15/h2-8,11,17H,9-10,12-13H2,1H3,(H,27,31). The Labute approximate surface area is 192 Å². The van der Waals surface area contributed by atoms with Crippen molar-refractivity contribution in [3.05, 3.63) is 71.1 Å². The largest absolute Gasteiger partial charge is 0.471 e. The highest BCUT2D eigenvalue weighted by Crippen LogP contribution is 2.30. The number of aryl methyl sites for hydroxylation is 1. The summed E-state index contributed by atoms with van der Waals surface area (Å²) in [6.45, 7) is 2.92. The number of alkyl halides is 3. The van der Waals surface area contributed by atoms with Gasteiger partial charge in [-0.2, -0.15) is 18.2 Å². The topological polar surface area (TPSA) is 97.6 Å². The molecule has 34 heavy (non-hydrogen) atoms. The molecule has 1 N–H and O–H groups in total. The van der Waals surface area contributed by atoms with Crippen LogP contribution < -0.4 is 5.32 Å². The second-order valence-corrected chi connectivity index (χ2v) is 7.75. The Bertz CT molecular complexity index is 1180. The summed E-state index contributed by atoms with van der Waals surface area (Å²) >= 11 is 0. The lowest BCUT2D eigenvalue weighted by atomic mass is 10.0. The molecule has 1 unspecified atom stereocenters. The Morgan fingerprint density at radius 2 is 1.91 bits per heavy atom. The quantitative estimate of drug-likeness (QED) is 0.609. The smallest absolute Gasteiger partial charge is 0.377 e. The van der Waals surface area contributed by atoms with Crippen LogP contribution in [0.25, 0.3) is 11.4 Å². The van der Waals surface area contributed by atoms with Crippen LogP contribution in [0.5, 0.6) is 0 Å². The number of carbonyl (C=O) groups is 2. The average molecular weight is 474 g/mol. The summed E-state index contributed by atoms with van der Waals surface area (Å²) in [6.07, 6.45) is -4.74. The van der Waals surface area contributed by atoms with E-state index in [1.165, 1.54) is 18.2 Å². The van der Waals surface area contributed by atoms with Crippen molar-refractivity contribution >= 4 is 11.8 Å². The van der Waals surface area contributed by atoms with Gasteiger partial charge in [-0.3, -0.25) is 9.59 Å². The number of ether oxygens (including phenoxy) is 1. The minimum absolute atomic E-state index is 0.137. The van der Waals surface area contributed by atoms with E-state index in [0.717, 1.165) is 0 Å². The van der Waals surface area contributed by atoms with Gasteiger partial charge in [0.2, 0.25) is 5.82 Å². The van der Waals surface area contributed by atoms with E-state index in [0.29, 0.717) is 35.4 Å². The third-order valence-corrected chi connectivity index (χ3v) is 5.41. The average Bonchev–Trinajstić information content (AvgIpc) is 3.33. The summed E-state index contributed by atoms with van der Waals surface area (Å²) in [5.74, 6) is -2.18. The fourth-order valence-electron chi connectivity index (χ4n) is 3.65. The van der Waals surface area contributed by atoms with Crippen LogP contribution >= 0.6 is 0 Å². The summed E-state index contributed by atoms with van der Waals surface area (Å²) in [7, 11) is 0. The van der Waals surface area contributed by atoms with Crippen LogP contribution in [0, 0.1) is 6.92 Å². The van der Waals surface area contributed by atoms with Crippen LogP contribution in [0.3, 0.4) is 0 Å². The molecule has 1 saturated heterocycles. The van der Waals surface area contributed by atoms with Gasteiger partial charge in [-0.1, -0.05) is 29.4 Å². The molecule has 178 valence electrons. The van der Waals surface area contributed by atoms with Crippen LogP contribution in [0.1, 0.15) is 32.2 Å². The SMILES string of the molecule is Cc1cc(C(=O)NCC2COCCN2C(=O)c2ccccc2)ccc1-c1noc(C(F)(F)F)n1. The first-order valence-corrected chi connectivity index (χ1v) is 10.5. The molecule has 0 saturated carbocycles. The molecular weight excluding hydrogens is 453 g/mol. The maximum atomic E-state index is 12.9. The van der Waals surface area contributed by atoms with Crippen LogP contribution in [-0.4, -0.2) is 59.2 Å². The third kappa shape index (κ3) is 5.09. The zero-order valence-corrected chi connectivity index (χ0v) is 18.1. The number of hydrogen-bond acceptors (Lipinski definition) is 6. The molecule has 0 spiro atoms. The van der Waals surface area contributed by atoms with Gasteiger partial charge in [-0.05, 0) is 36.8 Å². The molecule has 1 fully saturated rings. The summed E-state index contributed by atoms with van der Waals surface area (Å²) in [4.78, 5) is 30.7. The van der Waals surface area contributed by atoms with E-state index in [1.807, 2.05) is 6.07 Å². The van der Waals surface area contributed by atoms with E-state index in [-0.39, 0.29) is 30.9 Å². The van der Waals surface area contributed by atoms with Crippen LogP contribution in [-0.2, 0) is 10.9 Å². The van der Waals surface area contributed by atoms with Gasteiger partial charge in [-0.25, -0.2) is 0 Å². The number of nitrogens with one attached hydrogen (secondary N) is 1. The molecule has 0 bridgehead atoms. The number of morpholine rings is 1. The lowest BCUT2D eigenvalue weighted by molar-refractivity contribution is -0.159. The second kappa shape index (κ2) is 9.64. The maximum Gasteiger partial charge on any atom is 0.471 e. The predicted molar refractivity (Wildman–Crippen MR) is 114 cm³/mol. The summed E-state index contributed by atoms with van der Waals surface area (Å²) < 4.78 is 47.9. The monoisotopic (exact) mass is 474 g/mol. The normalized spacial score (nSPS) is 16.4. The maximum absolute atomic E-state index is 12.9. The number of nitrogens with zero attached hydrogens (tertiary/aromatic N) is 3. The third-order valence-electron chi connectivity index (χ3n) is 5.41. The number of carbonyl (C=O) groups excluding carboxylic acids is 2. The van der Waals surface area contributed by atoms with Gasteiger partial charge in [0.15, 0.2) is 0 Å².